The molecule has 98 valence electrons. The maximum Gasteiger partial charge on any atom is 0.244 e. The molecule has 0 radical (unpaired) electrons. The Kier molecular flexibility index (Phi) is 4.28. The Morgan fingerprint density at radius 2 is 2.22 bits per heavy atom. The molecule has 5 heteroatoms. The number of anilines is 1. The molecular weight excluding hydrogens is 235 g/mol. The van der Waals surface area contributed by atoms with E-state index in [9.17, 15) is 9.18 Å². The number of hydrogen-bond acceptors (Lipinski definition) is 3. The van der Waals surface area contributed by atoms with Gasteiger partial charge in [0.2, 0.25) is 5.91 Å². The van der Waals surface area contributed by atoms with E-state index in [1.165, 1.54) is 11.0 Å². The largest absolute Gasteiger partial charge is 0.396 e. The number of nitrogens with zero attached hydrogens (tertiary/aromatic N) is 1. The van der Waals surface area contributed by atoms with E-state index in [0.717, 1.165) is 6.42 Å². The van der Waals surface area contributed by atoms with E-state index < -0.39 is 11.9 Å². The minimum Gasteiger partial charge on any atom is -0.396 e. The smallest absolute Gasteiger partial charge is 0.244 e. The van der Waals surface area contributed by atoms with Crippen LogP contribution in [-0.2, 0) is 4.79 Å². The number of carbonyl (C=O) groups excluding carboxylic acids is 1. The summed E-state index contributed by atoms with van der Waals surface area (Å²) >= 11 is 0. The second kappa shape index (κ2) is 5.93. The molecule has 1 heterocycles. The lowest BCUT2D eigenvalue weighted by Gasteiger charge is -2.24. The van der Waals surface area contributed by atoms with Crippen LogP contribution in [0.2, 0.25) is 0 Å². The molecule has 1 amide bonds. The van der Waals surface area contributed by atoms with E-state index in [-0.39, 0.29) is 12.5 Å². The Bertz CT molecular complexity index is 425. The van der Waals surface area contributed by atoms with Crippen LogP contribution in [0.3, 0.4) is 0 Å². The highest BCUT2D eigenvalue weighted by atomic mass is 19.1. The molecule has 1 atom stereocenters. The van der Waals surface area contributed by atoms with Gasteiger partial charge in [0.1, 0.15) is 5.82 Å². The van der Waals surface area contributed by atoms with Crippen LogP contribution >= 0.6 is 0 Å². The number of aliphatic hydroxyl groups is 1. The SMILES string of the molecule is O=C1C(CCO)NCCCN1c1ccccc1F. The van der Waals surface area contributed by atoms with E-state index in [0.29, 0.717) is 25.2 Å². The third kappa shape index (κ3) is 2.68. The summed E-state index contributed by atoms with van der Waals surface area (Å²) in [7, 11) is 0. The summed E-state index contributed by atoms with van der Waals surface area (Å²) in [5, 5.41) is 12.0. The van der Waals surface area contributed by atoms with Crippen LogP contribution in [-0.4, -0.2) is 36.8 Å². The average Bonchev–Trinajstić information content (AvgIpc) is 2.54. The number of carbonyl (C=O) groups is 1. The predicted octanol–water partition coefficient (Wildman–Crippen LogP) is 0.903. The van der Waals surface area contributed by atoms with Gasteiger partial charge in [-0.3, -0.25) is 4.79 Å². The third-order valence-electron chi connectivity index (χ3n) is 3.07. The van der Waals surface area contributed by atoms with E-state index in [1.54, 1.807) is 18.2 Å². The number of amides is 1. The molecule has 1 fully saturated rings. The molecule has 1 aromatic rings. The Labute approximate surface area is 105 Å². The molecule has 0 aromatic heterocycles. The maximum absolute atomic E-state index is 13.7. The summed E-state index contributed by atoms with van der Waals surface area (Å²) in [4.78, 5) is 13.7. The molecule has 0 saturated carbocycles. The van der Waals surface area contributed by atoms with Crippen LogP contribution in [0.4, 0.5) is 10.1 Å². The molecular formula is C13H17FN2O2. The molecule has 0 aliphatic carbocycles. The summed E-state index contributed by atoms with van der Waals surface area (Å²) in [6.07, 6.45) is 1.12. The van der Waals surface area contributed by atoms with Crippen LogP contribution < -0.4 is 10.2 Å². The van der Waals surface area contributed by atoms with Gasteiger partial charge >= 0.3 is 0 Å². The highest BCUT2D eigenvalue weighted by Crippen LogP contribution is 2.21. The second-order valence-corrected chi connectivity index (χ2v) is 4.31. The van der Waals surface area contributed by atoms with Gasteiger partial charge in [-0.05, 0) is 31.5 Å². The lowest BCUT2D eigenvalue weighted by molar-refractivity contribution is -0.120. The van der Waals surface area contributed by atoms with Crippen LogP contribution in [0, 0.1) is 5.82 Å². The highest BCUT2D eigenvalue weighted by molar-refractivity contribution is 5.97. The van der Waals surface area contributed by atoms with Crippen molar-refractivity contribution in [3.63, 3.8) is 0 Å². The van der Waals surface area contributed by atoms with Crippen molar-refractivity contribution in [1.29, 1.82) is 0 Å². The maximum atomic E-state index is 13.7. The standard InChI is InChI=1S/C13H17FN2O2/c14-10-4-1-2-5-12(10)16-8-3-7-15-11(6-9-17)13(16)18/h1-2,4-5,11,15,17H,3,6-9H2. The van der Waals surface area contributed by atoms with Gasteiger partial charge in [-0.25, -0.2) is 4.39 Å². The van der Waals surface area contributed by atoms with E-state index in [1.807, 2.05) is 0 Å². The number of benzene rings is 1. The number of rotatable bonds is 3. The number of hydrogen-bond donors (Lipinski definition) is 2. The normalized spacial score (nSPS) is 20.9. The highest BCUT2D eigenvalue weighted by Gasteiger charge is 2.28. The molecule has 1 unspecified atom stereocenters. The fourth-order valence-electron chi connectivity index (χ4n) is 2.16. The number of para-hydroxylation sites is 1. The Morgan fingerprint density at radius 1 is 1.44 bits per heavy atom. The molecule has 0 bridgehead atoms. The Balaban J connectivity index is 2.25. The van der Waals surface area contributed by atoms with Gasteiger partial charge in [-0.2, -0.15) is 0 Å². The first-order valence-electron chi connectivity index (χ1n) is 6.14. The predicted molar refractivity (Wildman–Crippen MR) is 66.9 cm³/mol. The van der Waals surface area contributed by atoms with Crippen molar-refractivity contribution in [2.75, 3.05) is 24.6 Å². The number of nitrogens with one attached hydrogen (secondary N) is 1. The van der Waals surface area contributed by atoms with Crippen molar-refractivity contribution in [2.24, 2.45) is 0 Å². The van der Waals surface area contributed by atoms with Gasteiger partial charge < -0.3 is 15.3 Å². The fraction of sp³-hybridized carbons (Fsp3) is 0.462. The van der Waals surface area contributed by atoms with Crippen LogP contribution in [0.25, 0.3) is 0 Å². The molecule has 0 spiro atoms. The Morgan fingerprint density at radius 3 is 2.94 bits per heavy atom. The molecule has 1 aliphatic heterocycles. The molecule has 2 N–H and O–H groups in total. The van der Waals surface area contributed by atoms with Crippen molar-refractivity contribution in [1.82, 2.24) is 5.32 Å². The lowest BCUT2D eigenvalue weighted by atomic mass is 10.1. The molecule has 1 saturated heterocycles. The zero-order valence-corrected chi connectivity index (χ0v) is 10.1. The zero-order valence-electron chi connectivity index (χ0n) is 10.1. The molecule has 1 aromatic carbocycles. The van der Waals surface area contributed by atoms with Gasteiger partial charge in [0.05, 0.1) is 11.7 Å². The molecule has 2 rings (SSSR count). The zero-order chi connectivity index (χ0) is 13.0. The molecule has 18 heavy (non-hydrogen) atoms. The fourth-order valence-corrected chi connectivity index (χ4v) is 2.16. The number of aliphatic hydroxyl groups excluding tert-OH is 1. The van der Waals surface area contributed by atoms with Crippen molar-refractivity contribution in [3.05, 3.63) is 30.1 Å². The van der Waals surface area contributed by atoms with Crippen LogP contribution in [0.5, 0.6) is 0 Å². The summed E-state index contributed by atoms with van der Waals surface area (Å²) in [5.74, 6) is -0.567. The summed E-state index contributed by atoms with van der Waals surface area (Å²) in [5.41, 5.74) is 0.314. The van der Waals surface area contributed by atoms with Crippen molar-refractivity contribution in [2.45, 2.75) is 18.9 Å². The third-order valence-corrected chi connectivity index (χ3v) is 3.07. The van der Waals surface area contributed by atoms with E-state index >= 15 is 0 Å². The minimum atomic E-state index is -0.433. The summed E-state index contributed by atoms with van der Waals surface area (Å²) in [6.45, 7) is 1.13. The first kappa shape index (κ1) is 13.0. The van der Waals surface area contributed by atoms with Crippen molar-refractivity contribution < 1.29 is 14.3 Å². The monoisotopic (exact) mass is 252 g/mol. The van der Waals surface area contributed by atoms with Crippen molar-refractivity contribution >= 4 is 11.6 Å². The summed E-state index contributed by atoms with van der Waals surface area (Å²) in [6, 6.07) is 5.84. The second-order valence-electron chi connectivity index (χ2n) is 4.31. The first-order chi connectivity index (χ1) is 8.74. The number of halogens is 1. The lowest BCUT2D eigenvalue weighted by Crippen LogP contribution is -2.44. The van der Waals surface area contributed by atoms with Gasteiger partial charge in [0.15, 0.2) is 0 Å². The van der Waals surface area contributed by atoms with Gasteiger partial charge in [-0.15, -0.1) is 0 Å². The van der Waals surface area contributed by atoms with Crippen LogP contribution in [0.15, 0.2) is 24.3 Å². The minimum absolute atomic E-state index is 0.0610. The average molecular weight is 252 g/mol. The first-order valence-corrected chi connectivity index (χ1v) is 6.14. The van der Waals surface area contributed by atoms with Gasteiger partial charge in [0.25, 0.3) is 0 Å². The van der Waals surface area contributed by atoms with Gasteiger partial charge in [-0.1, -0.05) is 12.1 Å². The van der Waals surface area contributed by atoms with Crippen LogP contribution in [0.1, 0.15) is 12.8 Å². The Hall–Kier alpha value is -1.46. The molecule has 4 nitrogen and oxygen atoms in total. The topological polar surface area (TPSA) is 52.6 Å². The van der Waals surface area contributed by atoms with Crippen molar-refractivity contribution in [3.8, 4) is 0 Å². The quantitative estimate of drug-likeness (QED) is 0.840. The van der Waals surface area contributed by atoms with E-state index in [2.05, 4.69) is 5.32 Å². The summed E-state index contributed by atoms with van der Waals surface area (Å²) < 4.78 is 13.7. The molecule has 1 aliphatic rings. The van der Waals surface area contributed by atoms with Gasteiger partial charge in [0, 0.05) is 13.2 Å². The van der Waals surface area contributed by atoms with E-state index in [4.69, 9.17) is 5.11 Å².